The lowest BCUT2D eigenvalue weighted by Gasteiger charge is -2.33. The van der Waals surface area contributed by atoms with E-state index in [1.54, 1.807) is 4.68 Å². The first kappa shape index (κ1) is 18.3. The molecule has 0 bridgehead atoms. The van der Waals surface area contributed by atoms with E-state index >= 15 is 0 Å². The lowest BCUT2D eigenvalue weighted by molar-refractivity contribution is 0.331. The molecule has 6 nitrogen and oxygen atoms in total. The smallest absolute Gasteiger partial charge is 0.267 e. The van der Waals surface area contributed by atoms with Crippen LogP contribution in [-0.2, 0) is 19.4 Å². The maximum Gasteiger partial charge on any atom is 0.267 e. The van der Waals surface area contributed by atoms with Gasteiger partial charge in [-0.1, -0.05) is 24.3 Å². The van der Waals surface area contributed by atoms with Crippen LogP contribution in [0.15, 0.2) is 35.1 Å². The van der Waals surface area contributed by atoms with Crippen LogP contribution in [0.2, 0.25) is 0 Å². The summed E-state index contributed by atoms with van der Waals surface area (Å²) in [4.78, 5) is 14.8. The van der Waals surface area contributed by atoms with Crippen LogP contribution in [0.3, 0.4) is 0 Å². The number of hydrogen-bond donors (Lipinski definition) is 0. The van der Waals surface area contributed by atoms with Crippen molar-refractivity contribution in [2.24, 2.45) is 5.92 Å². The summed E-state index contributed by atoms with van der Waals surface area (Å²) in [7, 11) is 0. The molecule has 29 heavy (non-hydrogen) atoms. The van der Waals surface area contributed by atoms with Gasteiger partial charge in [0.05, 0.1) is 11.4 Å². The number of benzene rings is 1. The van der Waals surface area contributed by atoms with Crippen molar-refractivity contribution in [2.45, 2.75) is 52.0 Å². The highest BCUT2D eigenvalue weighted by Gasteiger charge is 2.23. The maximum absolute atomic E-state index is 12.5. The molecule has 2 aromatic heterocycles. The van der Waals surface area contributed by atoms with Crippen molar-refractivity contribution >= 4 is 16.6 Å². The molecule has 3 aromatic rings. The van der Waals surface area contributed by atoms with Crippen LogP contribution in [0, 0.1) is 12.8 Å². The van der Waals surface area contributed by atoms with Gasteiger partial charge in [0.15, 0.2) is 5.82 Å². The molecule has 0 atom stereocenters. The minimum absolute atomic E-state index is 0.0588. The highest BCUT2D eigenvalue weighted by molar-refractivity contribution is 5.93. The van der Waals surface area contributed by atoms with E-state index in [9.17, 15) is 4.79 Å². The molecule has 0 spiro atoms. The van der Waals surface area contributed by atoms with Gasteiger partial charge in [0, 0.05) is 36.5 Å². The van der Waals surface area contributed by atoms with Crippen molar-refractivity contribution in [2.75, 3.05) is 18.0 Å². The Morgan fingerprint density at radius 3 is 2.62 bits per heavy atom. The Balaban J connectivity index is 1.31. The number of nitrogens with zero attached hydrogens (tertiary/aromatic N) is 5. The van der Waals surface area contributed by atoms with Gasteiger partial charge in [0.25, 0.3) is 5.56 Å². The van der Waals surface area contributed by atoms with E-state index < -0.39 is 0 Å². The quantitative estimate of drug-likeness (QED) is 0.688. The van der Waals surface area contributed by atoms with E-state index in [1.165, 1.54) is 23.6 Å². The third kappa shape index (κ3) is 3.52. The molecule has 5 rings (SSSR count). The van der Waals surface area contributed by atoms with Gasteiger partial charge in [-0.05, 0) is 56.9 Å². The molecule has 0 unspecified atom stereocenters. The summed E-state index contributed by atoms with van der Waals surface area (Å²) in [5, 5.41) is 15.9. The Morgan fingerprint density at radius 1 is 1.03 bits per heavy atom. The Hall–Kier alpha value is -2.76. The zero-order valence-corrected chi connectivity index (χ0v) is 17.0. The van der Waals surface area contributed by atoms with E-state index in [0.29, 0.717) is 5.92 Å². The Bertz CT molecular complexity index is 1100. The topological polar surface area (TPSA) is 63.9 Å². The Morgan fingerprint density at radius 2 is 1.79 bits per heavy atom. The standard InChI is InChI=1S/C23H27N5O/c1-16-19-7-3-4-8-20(19)23(25-24-16)27-12-10-17(11-13-27)15-28-22(29)14-18-6-2-5-9-21(18)26-28/h3-4,7-8,14,17H,2,5-6,9-13,15H2,1H3. The highest BCUT2D eigenvalue weighted by atomic mass is 16.1. The number of aromatic nitrogens is 4. The molecule has 1 aliphatic carbocycles. The summed E-state index contributed by atoms with van der Waals surface area (Å²) in [5.74, 6) is 1.46. The lowest BCUT2D eigenvalue weighted by Crippen LogP contribution is -2.38. The van der Waals surface area contributed by atoms with Crippen LogP contribution in [0.25, 0.3) is 10.8 Å². The predicted octanol–water partition coefficient (Wildman–Crippen LogP) is 3.29. The summed E-state index contributed by atoms with van der Waals surface area (Å²) >= 11 is 0. The molecule has 0 saturated carbocycles. The van der Waals surface area contributed by atoms with Crippen LogP contribution in [0.5, 0.6) is 0 Å². The average Bonchev–Trinajstić information content (AvgIpc) is 2.75. The van der Waals surface area contributed by atoms with Crippen molar-refractivity contribution in [3.05, 3.63) is 57.6 Å². The van der Waals surface area contributed by atoms with E-state index in [2.05, 4.69) is 39.4 Å². The maximum atomic E-state index is 12.5. The number of aryl methyl sites for hydroxylation is 3. The number of piperidine rings is 1. The molecule has 6 heteroatoms. The summed E-state index contributed by atoms with van der Waals surface area (Å²) in [6.45, 7) is 4.60. The molecule has 1 aliphatic heterocycles. The van der Waals surface area contributed by atoms with Crippen molar-refractivity contribution in [3.63, 3.8) is 0 Å². The second-order valence-corrected chi connectivity index (χ2v) is 8.43. The summed E-state index contributed by atoms with van der Waals surface area (Å²) in [6, 6.07) is 10.2. The van der Waals surface area contributed by atoms with E-state index in [-0.39, 0.29) is 5.56 Å². The third-order valence-electron chi connectivity index (χ3n) is 6.47. The Labute approximate surface area is 170 Å². The fourth-order valence-corrected chi connectivity index (χ4v) is 4.76. The van der Waals surface area contributed by atoms with Crippen LogP contribution >= 0.6 is 0 Å². The van der Waals surface area contributed by atoms with Gasteiger partial charge >= 0.3 is 0 Å². The minimum Gasteiger partial charge on any atom is -0.355 e. The van der Waals surface area contributed by atoms with Gasteiger partial charge in [-0.2, -0.15) is 10.2 Å². The zero-order valence-electron chi connectivity index (χ0n) is 17.0. The lowest BCUT2D eigenvalue weighted by atomic mass is 9.95. The van der Waals surface area contributed by atoms with Crippen molar-refractivity contribution in [1.29, 1.82) is 0 Å². The van der Waals surface area contributed by atoms with E-state index in [4.69, 9.17) is 5.10 Å². The van der Waals surface area contributed by atoms with Gasteiger partial charge in [0.1, 0.15) is 0 Å². The number of fused-ring (bicyclic) bond motifs is 2. The number of anilines is 1. The van der Waals surface area contributed by atoms with Crippen LogP contribution < -0.4 is 10.5 Å². The summed E-state index contributed by atoms with van der Waals surface area (Å²) < 4.78 is 1.71. The summed E-state index contributed by atoms with van der Waals surface area (Å²) in [6.07, 6.45) is 6.44. The van der Waals surface area contributed by atoms with Gasteiger partial charge < -0.3 is 4.90 Å². The predicted molar refractivity (Wildman–Crippen MR) is 114 cm³/mol. The van der Waals surface area contributed by atoms with Gasteiger partial charge in [-0.3, -0.25) is 4.79 Å². The second-order valence-electron chi connectivity index (χ2n) is 8.43. The average molecular weight is 390 g/mol. The number of rotatable bonds is 3. The largest absolute Gasteiger partial charge is 0.355 e. The first-order chi connectivity index (χ1) is 14.2. The second kappa shape index (κ2) is 7.58. The van der Waals surface area contributed by atoms with Crippen LogP contribution in [0.4, 0.5) is 5.82 Å². The van der Waals surface area contributed by atoms with E-state index in [0.717, 1.165) is 68.1 Å². The van der Waals surface area contributed by atoms with Gasteiger partial charge in [0.2, 0.25) is 0 Å². The highest BCUT2D eigenvalue weighted by Crippen LogP contribution is 2.29. The van der Waals surface area contributed by atoms with Gasteiger partial charge in [-0.25, -0.2) is 4.68 Å². The third-order valence-corrected chi connectivity index (χ3v) is 6.47. The van der Waals surface area contributed by atoms with Crippen LogP contribution in [-0.4, -0.2) is 33.1 Å². The normalized spacial score (nSPS) is 17.5. The zero-order chi connectivity index (χ0) is 19.8. The molecular formula is C23H27N5O. The van der Waals surface area contributed by atoms with Crippen LogP contribution in [0.1, 0.15) is 42.6 Å². The molecule has 1 aromatic carbocycles. The fourth-order valence-electron chi connectivity index (χ4n) is 4.76. The molecule has 1 fully saturated rings. The fraction of sp³-hybridized carbons (Fsp3) is 0.478. The van der Waals surface area contributed by atoms with Crippen molar-refractivity contribution in [1.82, 2.24) is 20.0 Å². The molecule has 3 heterocycles. The van der Waals surface area contributed by atoms with Crippen molar-refractivity contribution in [3.8, 4) is 0 Å². The van der Waals surface area contributed by atoms with E-state index in [1.807, 2.05) is 13.0 Å². The minimum atomic E-state index is 0.0588. The molecule has 0 radical (unpaired) electrons. The molecular weight excluding hydrogens is 362 g/mol. The molecule has 0 N–H and O–H groups in total. The monoisotopic (exact) mass is 389 g/mol. The Kier molecular flexibility index (Phi) is 4.78. The molecule has 0 amide bonds. The molecule has 1 saturated heterocycles. The molecule has 150 valence electrons. The first-order valence-corrected chi connectivity index (χ1v) is 10.8. The first-order valence-electron chi connectivity index (χ1n) is 10.8. The van der Waals surface area contributed by atoms with Gasteiger partial charge in [-0.15, -0.1) is 5.10 Å². The van der Waals surface area contributed by atoms with Crippen molar-refractivity contribution < 1.29 is 0 Å². The SMILES string of the molecule is Cc1nnc(N2CCC(Cn3nc4c(cc3=O)CCCC4)CC2)c2ccccc12. The number of hydrogen-bond acceptors (Lipinski definition) is 5. The molecule has 2 aliphatic rings. The summed E-state index contributed by atoms with van der Waals surface area (Å²) in [5.41, 5.74) is 3.33.